The van der Waals surface area contributed by atoms with Crippen molar-refractivity contribution in [3.63, 3.8) is 0 Å². The second-order valence-electron chi connectivity index (χ2n) is 4.67. The van der Waals surface area contributed by atoms with Crippen molar-refractivity contribution in [1.29, 1.82) is 0 Å². The van der Waals surface area contributed by atoms with Crippen LogP contribution in [0, 0.1) is 0 Å². The SMILES string of the molecule is CCN(CC)C(=O)C(C)NC(C)c1ccc(Cl)cc1. The van der Waals surface area contributed by atoms with Gasteiger partial charge >= 0.3 is 0 Å². The molecule has 2 unspecified atom stereocenters. The fourth-order valence-corrected chi connectivity index (χ4v) is 2.23. The fourth-order valence-electron chi connectivity index (χ4n) is 2.10. The zero-order valence-corrected chi connectivity index (χ0v) is 12.9. The Morgan fingerprint density at radius 1 is 1.21 bits per heavy atom. The summed E-state index contributed by atoms with van der Waals surface area (Å²) in [5, 5.41) is 4.06. The number of halogens is 1. The highest BCUT2D eigenvalue weighted by Gasteiger charge is 2.19. The summed E-state index contributed by atoms with van der Waals surface area (Å²) in [5.74, 6) is 0.144. The van der Waals surface area contributed by atoms with Gasteiger partial charge in [-0.3, -0.25) is 10.1 Å². The number of hydrogen-bond acceptors (Lipinski definition) is 2. The van der Waals surface area contributed by atoms with Crippen LogP contribution in [0.2, 0.25) is 5.02 Å². The first kappa shape index (κ1) is 16.0. The summed E-state index contributed by atoms with van der Waals surface area (Å²) in [5.41, 5.74) is 1.13. The molecule has 0 aliphatic carbocycles. The van der Waals surface area contributed by atoms with Crippen LogP contribution in [-0.2, 0) is 4.79 Å². The van der Waals surface area contributed by atoms with Gasteiger partial charge in [-0.05, 0) is 45.4 Å². The second-order valence-corrected chi connectivity index (χ2v) is 5.11. The quantitative estimate of drug-likeness (QED) is 0.869. The summed E-state index contributed by atoms with van der Waals surface area (Å²) in [4.78, 5) is 14.0. The van der Waals surface area contributed by atoms with Crippen molar-refractivity contribution in [1.82, 2.24) is 10.2 Å². The van der Waals surface area contributed by atoms with Gasteiger partial charge in [-0.1, -0.05) is 23.7 Å². The van der Waals surface area contributed by atoms with Crippen LogP contribution in [-0.4, -0.2) is 29.9 Å². The molecule has 1 N–H and O–H groups in total. The number of nitrogens with zero attached hydrogens (tertiary/aromatic N) is 1. The van der Waals surface area contributed by atoms with Crippen LogP contribution in [0.25, 0.3) is 0 Å². The van der Waals surface area contributed by atoms with Gasteiger partial charge in [0.05, 0.1) is 6.04 Å². The van der Waals surface area contributed by atoms with E-state index in [1.54, 1.807) is 0 Å². The van der Waals surface area contributed by atoms with Gasteiger partial charge in [0.2, 0.25) is 5.91 Å². The van der Waals surface area contributed by atoms with E-state index in [1.807, 2.05) is 49.9 Å². The van der Waals surface area contributed by atoms with E-state index in [-0.39, 0.29) is 18.0 Å². The van der Waals surface area contributed by atoms with Crippen LogP contribution in [0.5, 0.6) is 0 Å². The molecule has 0 heterocycles. The summed E-state index contributed by atoms with van der Waals surface area (Å²) >= 11 is 5.87. The van der Waals surface area contributed by atoms with Gasteiger partial charge in [0.25, 0.3) is 0 Å². The maximum Gasteiger partial charge on any atom is 0.239 e. The molecule has 19 heavy (non-hydrogen) atoms. The average molecular weight is 283 g/mol. The predicted molar refractivity (Wildman–Crippen MR) is 80.4 cm³/mol. The lowest BCUT2D eigenvalue weighted by Crippen LogP contribution is -2.45. The van der Waals surface area contributed by atoms with E-state index in [9.17, 15) is 4.79 Å². The van der Waals surface area contributed by atoms with Gasteiger partial charge in [-0.2, -0.15) is 0 Å². The molecule has 0 saturated carbocycles. The van der Waals surface area contributed by atoms with Crippen molar-refractivity contribution >= 4 is 17.5 Å². The Morgan fingerprint density at radius 2 is 1.74 bits per heavy atom. The Kier molecular flexibility index (Phi) is 6.32. The molecule has 0 aromatic heterocycles. The molecular formula is C15H23ClN2O. The number of likely N-dealkylation sites (N-methyl/N-ethyl adjacent to an activating group) is 1. The molecule has 0 aliphatic heterocycles. The Bertz CT molecular complexity index is 401. The Hall–Kier alpha value is -1.06. The van der Waals surface area contributed by atoms with Crippen molar-refractivity contribution in [3.05, 3.63) is 34.9 Å². The zero-order valence-electron chi connectivity index (χ0n) is 12.1. The highest BCUT2D eigenvalue weighted by molar-refractivity contribution is 6.30. The normalized spacial score (nSPS) is 13.9. The van der Waals surface area contributed by atoms with Crippen LogP contribution >= 0.6 is 11.6 Å². The van der Waals surface area contributed by atoms with Crippen LogP contribution in [0.4, 0.5) is 0 Å². The Labute approximate surface area is 120 Å². The average Bonchev–Trinajstić information content (AvgIpc) is 2.40. The van der Waals surface area contributed by atoms with E-state index >= 15 is 0 Å². The molecule has 3 nitrogen and oxygen atoms in total. The van der Waals surface area contributed by atoms with Crippen LogP contribution in [0.15, 0.2) is 24.3 Å². The van der Waals surface area contributed by atoms with E-state index in [1.165, 1.54) is 0 Å². The predicted octanol–water partition coefficient (Wildman–Crippen LogP) is 3.25. The monoisotopic (exact) mass is 282 g/mol. The van der Waals surface area contributed by atoms with E-state index in [0.29, 0.717) is 0 Å². The molecule has 106 valence electrons. The topological polar surface area (TPSA) is 32.3 Å². The molecule has 0 spiro atoms. The molecule has 0 bridgehead atoms. The highest BCUT2D eigenvalue weighted by Crippen LogP contribution is 2.16. The Balaban J connectivity index is 2.63. The summed E-state index contributed by atoms with van der Waals surface area (Å²) in [7, 11) is 0. The minimum absolute atomic E-state index is 0.117. The largest absolute Gasteiger partial charge is 0.342 e. The zero-order chi connectivity index (χ0) is 14.4. The van der Waals surface area contributed by atoms with Crippen LogP contribution in [0.3, 0.4) is 0 Å². The van der Waals surface area contributed by atoms with Crippen molar-refractivity contribution in [2.24, 2.45) is 0 Å². The van der Waals surface area contributed by atoms with Crippen molar-refractivity contribution in [3.8, 4) is 0 Å². The highest BCUT2D eigenvalue weighted by atomic mass is 35.5. The number of carbonyl (C=O) groups is 1. The van der Waals surface area contributed by atoms with Gasteiger partial charge in [0.1, 0.15) is 0 Å². The minimum Gasteiger partial charge on any atom is -0.342 e. The smallest absolute Gasteiger partial charge is 0.239 e. The third kappa shape index (κ3) is 4.51. The van der Waals surface area contributed by atoms with Gasteiger partial charge in [0, 0.05) is 24.2 Å². The Morgan fingerprint density at radius 3 is 2.21 bits per heavy atom. The first-order valence-electron chi connectivity index (χ1n) is 6.79. The molecule has 0 saturated heterocycles. The van der Waals surface area contributed by atoms with E-state index < -0.39 is 0 Å². The lowest BCUT2D eigenvalue weighted by atomic mass is 10.1. The van der Waals surface area contributed by atoms with Gasteiger partial charge in [-0.25, -0.2) is 0 Å². The van der Waals surface area contributed by atoms with Crippen molar-refractivity contribution in [2.45, 2.75) is 39.8 Å². The number of rotatable bonds is 6. The number of hydrogen-bond donors (Lipinski definition) is 1. The van der Waals surface area contributed by atoms with Gasteiger partial charge in [0.15, 0.2) is 0 Å². The molecule has 0 fully saturated rings. The number of benzene rings is 1. The summed E-state index contributed by atoms with van der Waals surface area (Å²) in [6.07, 6.45) is 0. The molecule has 1 aromatic rings. The van der Waals surface area contributed by atoms with Crippen LogP contribution in [0.1, 0.15) is 39.3 Å². The first-order chi connectivity index (χ1) is 8.99. The standard InChI is InChI=1S/C15H23ClN2O/c1-5-18(6-2)15(19)12(4)17-11(3)13-7-9-14(16)10-8-13/h7-12,17H,5-6H2,1-4H3. The fraction of sp³-hybridized carbons (Fsp3) is 0.533. The molecule has 1 amide bonds. The molecule has 2 atom stereocenters. The maximum absolute atomic E-state index is 12.2. The second kappa shape index (κ2) is 7.51. The molecular weight excluding hydrogens is 260 g/mol. The van der Waals surface area contributed by atoms with Gasteiger partial charge in [-0.15, -0.1) is 0 Å². The van der Waals surface area contributed by atoms with E-state index in [2.05, 4.69) is 12.2 Å². The van der Waals surface area contributed by atoms with E-state index in [4.69, 9.17) is 11.6 Å². The molecule has 1 rings (SSSR count). The summed E-state index contributed by atoms with van der Waals surface area (Å²) < 4.78 is 0. The first-order valence-corrected chi connectivity index (χ1v) is 7.17. The molecule has 0 aliphatic rings. The van der Waals surface area contributed by atoms with Crippen molar-refractivity contribution < 1.29 is 4.79 Å². The lowest BCUT2D eigenvalue weighted by molar-refractivity contribution is -0.132. The van der Waals surface area contributed by atoms with Crippen LogP contribution < -0.4 is 5.32 Å². The third-order valence-corrected chi connectivity index (χ3v) is 3.57. The maximum atomic E-state index is 12.2. The molecule has 4 heteroatoms. The van der Waals surface area contributed by atoms with Gasteiger partial charge < -0.3 is 4.90 Å². The molecule has 1 aromatic carbocycles. The third-order valence-electron chi connectivity index (χ3n) is 3.32. The number of nitrogens with one attached hydrogen (secondary N) is 1. The van der Waals surface area contributed by atoms with E-state index in [0.717, 1.165) is 23.7 Å². The lowest BCUT2D eigenvalue weighted by Gasteiger charge is -2.26. The minimum atomic E-state index is -0.189. The molecule has 0 radical (unpaired) electrons. The summed E-state index contributed by atoms with van der Waals surface area (Å²) in [6.45, 7) is 9.45. The number of amides is 1. The number of carbonyl (C=O) groups excluding carboxylic acids is 1. The summed E-state index contributed by atoms with van der Waals surface area (Å²) in [6, 6.07) is 7.62. The van der Waals surface area contributed by atoms with Crippen molar-refractivity contribution in [2.75, 3.05) is 13.1 Å².